The lowest BCUT2D eigenvalue weighted by Crippen LogP contribution is -2.20. The van der Waals surface area contributed by atoms with Crippen LogP contribution in [0.1, 0.15) is 45.1 Å². The van der Waals surface area contributed by atoms with E-state index in [0.29, 0.717) is 28.3 Å². The number of nitrogens with one attached hydrogen (secondary N) is 1. The Kier molecular flexibility index (Phi) is 5.22. The van der Waals surface area contributed by atoms with Crippen LogP contribution in [0.4, 0.5) is 0 Å². The molecule has 2 aromatic heterocycles. The molecule has 1 unspecified atom stereocenters. The number of nitrogens with zero attached hydrogens (tertiary/aromatic N) is 4. The smallest absolute Gasteiger partial charge is 0.339 e. The van der Waals surface area contributed by atoms with Crippen LogP contribution >= 0.6 is 15.9 Å². The number of hydrogen-bond donors (Lipinski definition) is 1. The lowest BCUT2D eigenvalue weighted by atomic mass is 10.1. The first-order valence-electron chi connectivity index (χ1n) is 8.20. The normalized spacial score (nSPS) is 12.0. The fourth-order valence-electron chi connectivity index (χ4n) is 2.82. The number of esters is 1. The van der Waals surface area contributed by atoms with Crippen LogP contribution in [-0.2, 0) is 4.74 Å². The van der Waals surface area contributed by atoms with Crippen molar-refractivity contribution >= 4 is 27.7 Å². The van der Waals surface area contributed by atoms with Crippen molar-refractivity contribution in [2.75, 3.05) is 7.11 Å². The topological polar surface area (TPSA) is 103 Å². The zero-order valence-corrected chi connectivity index (χ0v) is 16.9. The molecule has 0 amide bonds. The number of tetrazole rings is 1. The van der Waals surface area contributed by atoms with Crippen molar-refractivity contribution in [1.82, 2.24) is 25.2 Å². The summed E-state index contributed by atoms with van der Waals surface area (Å²) in [5.41, 5.74) is 2.63. The van der Waals surface area contributed by atoms with Crippen molar-refractivity contribution in [2.45, 2.75) is 26.8 Å². The predicted octanol–water partition coefficient (Wildman–Crippen LogP) is 3.28. The van der Waals surface area contributed by atoms with Gasteiger partial charge in [-0.25, -0.2) is 4.79 Å². The molecule has 3 aromatic rings. The van der Waals surface area contributed by atoms with Gasteiger partial charge in [0.05, 0.1) is 18.4 Å². The van der Waals surface area contributed by atoms with Gasteiger partial charge in [0.25, 0.3) is 0 Å². The second-order valence-electron chi connectivity index (χ2n) is 6.10. The highest BCUT2D eigenvalue weighted by molar-refractivity contribution is 9.10. The summed E-state index contributed by atoms with van der Waals surface area (Å²) in [5.74, 6) is -0.299. The third-order valence-corrected chi connectivity index (χ3v) is 4.86. The first-order valence-corrected chi connectivity index (χ1v) is 9.00. The second kappa shape index (κ2) is 7.43. The number of methoxy groups -OCH3 is 1. The van der Waals surface area contributed by atoms with E-state index in [1.54, 1.807) is 20.8 Å². The fraction of sp³-hybridized carbons (Fsp3) is 0.278. The Hall–Kier alpha value is -2.81. The van der Waals surface area contributed by atoms with Gasteiger partial charge in [-0.1, -0.05) is 15.9 Å². The Balaban J connectivity index is 1.88. The molecule has 27 heavy (non-hydrogen) atoms. The number of halogens is 1. The van der Waals surface area contributed by atoms with Gasteiger partial charge in [0.2, 0.25) is 11.6 Å². The summed E-state index contributed by atoms with van der Waals surface area (Å²) in [6.45, 7) is 5.11. The molecule has 0 aliphatic heterocycles. The Morgan fingerprint density at radius 2 is 1.89 bits per heavy atom. The first-order chi connectivity index (χ1) is 12.8. The van der Waals surface area contributed by atoms with Crippen molar-refractivity contribution < 1.29 is 14.3 Å². The molecule has 0 radical (unpaired) electrons. The van der Waals surface area contributed by atoms with E-state index in [9.17, 15) is 9.59 Å². The SMILES string of the molecule is COC(=O)c1c(C)[nH]c(C(=O)C(C)n2nnc(-c3ccc(Br)cc3)n2)c1C. The number of benzene rings is 1. The van der Waals surface area contributed by atoms with E-state index in [1.165, 1.54) is 11.9 Å². The molecule has 0 spiro atoms. The molecule has 140 valence electrons. The minimum absolute atomic E-state index is 0.245. The van der Waals surface area contributed by atoms with Gasteiger partial charge in [0, 0.05) is 15.7 Å². The number of ether oxygens (including phenoxy) is 1. The number of H-pyrrole nitrogens is 1. The van der Waals surface area contributed by atoms with Crippen molar-refractivity contribution in [2.24, 2.45) is 0 Å². The van der Waals surface area contributed by atoms with Crippen LogP contribution in [0, 0.1) is 13.8 Å². The summed E-state index contributed by atoms with van der Waals surface area (Å²) in [5, 5.41) is 12.4. The maximum Gasteiger partial charge on any atom is 0.339 e. The number of hydrogen-bond acceptors (Lipinski definition) is 6. The summed E-state index contributed by atoms with van der Waals surface area (Å²) >= 11 is 3.38. The van der Waals surface area contributed by atoms with Gasteiger partial charge < -0.3 is 9.72 Å². The van der Waals surface area contributed by atoms with Gasteiger partial charge in [-0.15, -0.1) is 10.2 Å². The Morgan fingerprint density at radius 3 is 2.52 bits per heavy atom. The maximum atomic E-state index is 12.9. The molecule has 8 nitrogen and oxygen atoms in total. The Morgan fingerprint density at radius 1 is 1.22 bits per heavy atom. The number of aromatic amines is 1. The molecule has 3 rings (SSSR count). The highest BCUT2D eigenvalue weighted by Crippen LogP contribution is 2.23. The number of Topliss-reactive ketones (excluding diaryl/α,β-unsaturated/α-hetero) is 1. The average molecular weight is 432 g/mol. The lowest BCUT2D eigenvalue weighted by Gasteiger charge is -2.08. The van der Waals surface area contributed by atoms with E-state index in [4.69, 9.17) is 4.74 Å². The molecule has 0 aliphatic carbocycles. The molecule has 0 fully saturated rings. The van der Waals surface area contributed by atoms with Crippen LogP contribution in [0.3, 0.4) is 0 Å². The molecule has 1 atom stereocenters. The zero-order valence-electron chi connectivity index (χ0n) is 15.3. The summed E-state index contributed by atoms with van der Waals surface area (Å²) in [7, 11) is 1.31. The molecule has 1 N–H and O–H groups in total. The lowest BCUT2D eigenvalue weighted by molar-refractivity contribution is 0.0599. The highest BCUT2D eigenvalue weighted by atomic mass is 79.9. The van der Waals surface area contributed by atoms with Gasteiger partial charge in [-0.3, -0.25) is 4.79 Å². The van der Waals surface area contributed by atoms with Crippen molar-refractivity contribution in [3.05, 3.63) is 51.3 Å². The van der Waals surface area contributed by atoms with Crippen LogP contribution in [0.15, 0.2) is 28.7 Å². The number of aromatic nitrogens is 5. The van der Waals surface area contributed by atoms with Crippen LogP contribution in [0.2, 0.25) is 0 Å². The summed E-state index contributed by atoms with van der Waals surface area (Å²) in [4.78, 5) is 29.1. The number of carbonyl (C=O) groups excluding carboxylic acids is 2. The predicted molar refractivity (Wildman–Crippen MR) is 102 cm³/mol. The molecule has 0 saturated heterocycles. The quantitative estimate of drug-likeness (QED) is 0.491. The molecular weight excluding hydrogens is 414 g/mol. The number of carbonyl (C=O) groups is 2. The molecular formula is C18H18BrN5O3. The molecule has 0 aliphatic rings. The first kappa shape index (κ1) is 19.0. The van der Waals surface area contributed by atoms with E-state index >= 15 is 0 Å². The van der Waals surface area contributed by atoms with Gasteiger partial charge in [-0.2, -0.15) is 4.80 Å². The van der Waals surface area contributed by atoms with Crippen LogP contribution in [-0.4, -0.2) is 44.1 Å². The molecule has 0 saturated carbocycles. The van der Waals surface area contributed by atoms with E-state index in [0.717, 1.165) is 10.0 Å². The third kappa shape index (κ3) is 3.55. The van der Waals surface area contributed by atoms with E-state index < -0.39 is 12.0 Å². The molecule has 0 bridgehead atoms. The second-order valence-corrected chi connectivity index (χ2v) is 7.01. The number of rotatable bonds is 5. The number of ketones is 1. The monoisotopic (exact) mass is 431 g/mol. The van der Waals surface area contributed by atoms with Crippen molar-refractivity contribution in [3.63, 3.8) is 0 Å². The van der Waals surface area contributed by atoms with Crippen molar-refractivity contribution in [3.8, 4) is 11.4 Å². The third-order valence-electron chi connectivity index (χ3n) is 4.33. The molecule has 9 heteroatoms. The molecule has 1 aromatic carbocycles. The average Bonchev–Trinajstić information content (AvgIpc) is 3.25. The zero-order chi connectivity index (χ0) is 19.7. The maximum absolute atomic E-state index is 12.9. The largest absolute Gasteiger partial charge is 0.465 e. The summed E-state index contributed by atoms with van der Waals surface area (Å²) < 4.78 is 5.73. The van der Waals surface area contributed by atoms with Crippen molar-refractivity contribution in [1.29, 1.82) is 0 Å². The van der Waals surface area contributed by atoms with Gasteiger partial charge >= 0.3 is 5.97 Å². The Bertz CT molecular complexity index is 1010. The van der Waals surface area contributed by atoms with Crippen LogP contribution < -0.4 is 0 Å². The van der Waals surface area contributed by atoms with E-state index in [2.05, 4.69) is 36.3 Å². The van der Waals surface area contributed by atoms with Crippen LogP contribution in [0.25, 0.3) is 11.4 Å². The summed E-state index contributed by atoms with van der Waals surface area (Å²) in [6, 6.07) is 6.79. The van der Waals surface area contributed by atoms with Crippen LogP contribution in [0.5, 0.6) is 0 Å². The molecule has 2 heterocycles. The number of aryl methyl sites for hydroxylation is 1. The van der Waals surface area contributed by atoms with E-state index in [-0.39, 0.29) is 5.78 Å². The fourth-order valence-corrected chi connectivity index (χ4v) is 3.09. The minimum Gasteiger partial charge on any atom is -0.465 e. The van der Waals surface area contributed by atoms with Gasteiger partial charge in [-0.05, 0) is 55.8 Å². The Labute approximate surface area is 164 Å². The highest BCUT2D eigenvalue weighted by Gasteiger charge is 2.27. The van der Waals surface area contributed by atoms with E-state index in [1.807, 2.05) is 24.3 Å². The van der Waals surface area contributed by atoms with Gasteiger partial charge in [0.1, 0.15) is 6.04 Å². The standard InChI is InChI=1S/C18H18BrN5O3/c1-9-14(18(26)27-4)10(2)20-15(9)16(25)11(3)24-22-17(21-23-24)12-5-7-13(19)8-6-12/h5-8,11,20H,1-4H3. The summed E-state index contributed by atoms with van der Waals surface area (Å²) in [6.07, 6.45) is 0. The van der Waals surface area contributed by atoms with Gasteiger partial charge in [0.15, 0.2) is 0 Å². The minimum atomic E-state index is -0.691.